The molecule has 2 aromatic rings. The molecule has 0 bridgehead atoms. The Balaban J connectivity index is 1.42. The smallest absolute Gasteiger partial charge is 0.319 e. The maximum absolute atomic E-state index is 12.2. The van der Waals surface area contributed by atoms with Crippen LogP contribution in [0.2, 0.25) is 5.02 Å². The topological polar surface area (TPSA) is 66.7 Å². The average molecular weight is 406 g/mol. The number of urea groups is 1. The quantitative estimate of drug-likeness (QED) is 0.737. The summed E-state index contributed by atoms with van der Waals surface area (Å²) in [6.07, 6.45) is 2.13. The highest BCUT2D eigenvalue weighted by molar-refractivity contribution is 6.31. The molecule has 2 N–H and O–H groups in total. The van der Waals surface area contributed by atoms with Crippen LogP contribution in [0.4, 0.5) is 10.5 Å². The molecule has 2 amide bonds. The van der Waals surface area contributed by atoms with Crippen molar-refractivity contribution in [2.24, 2.45) is 5.92 Å². The van der Waals surface area contributed by atoms with Crippen LogP contribution >= 0.6 is 11.6 Å². The van der Waals surface area contributed by atoms with Gasteiger partial charge in [-0.2, -0.15) is 0 Å². The van der Waals surface area contributed by atoms with Crippen LogP contribution in [0.1, 0.15) is 29.9 Å². The number of methoxy groups -OCH3 is 1. The molecule has 0 unspecified atom stereocenters. The van der Waals surface area contributed by atoms with Crippen LogP contribution < -0.4 is 15.4 Å². The molecule has 1 aliphatic heterocycles. The van der Waals surface area contributed by atoms with Crippen molar-refractivity contribution < 1.29 is 13.9 Å². The monoisotopic (exact) mass is 405 g/mol. The predicted molar refractivity (Wildman–Crippen MR) is 111 cm³/mol. The number of likely N-dealkylation sites (tertiary alicyclic amines) is 1. The predicted octanol–water partition coefficient (Wildman–Crippen LogP) is 4.59. The van der Waals surface area contributed by atoms with Gasteiger partial charge in [0.25, 0.3) is 0 Å². The van der Waals surface area contributed by atoms with Crippen molar-refractivity contribution in [3.63, 3.8) is 0 Å². The third kappa shape index (κ3) is 5.42. The molecule has 28 heavy (non-hydrogen) atoms. The Hall–Kier alpha value is -2.18. The average Bonchev–Trinajstić information content (AvgIpc) is 2.98. The summed E-state index contributed by atoms with van der Waals surface area (Å²) in [5, 5.41) is 6.33. The molecule has 1 saturated heterocycles. The number of hydrogen-bond donors (Lipinski definition) is 2. The molecular weight excluding hydrogens is 378 g/mol. The number of nitrogens with zero attached hydrogens (tertiary/aromatic N) is 1. The van der Waals surface area contributed by atoms with Crippen molar-refractivity contribution in [2.75, 3.05) is 32.1 Å². The van der Waals surface area contributed by atoms with Crippen LogP contribution in [0.15, 0.2) is 28.7 Å². The van der Waals surface area contributed by atoms with Gasteiger partial charge in [-0.1, -0.05) is 11.6 Å². The molecule has 152 valence electrons. The van der Waals surface area contributed by atoms with E-state index in [1.54, 1.807) is 25.3 Å². The fourth-order valence-corrected chi connectivity index (χ4v) is 3.78. The third-order valence-electron chi connectivity index (χ3n) is 5.21. The summed E-state index contributed by atoms with van der Waals surface area (Å²) >= 11 is 6.00. The van der Waals surface area contributed by atoms with E-state index < -0.39 is 0 Å². The highest BCUT2D eigenvalue weighted by atomic mass is 35.5. The van der Waals surface area contributed by atoms with Crippen LogP contribution in [0, 0.1) is 19.8 Å². The molecule has 0 radical (unpaired) electrons. The van der Waals surface area contributed by atoms with Crippen LogP contribution in [0.3, 0.4) is 0 Å². The number of halogens is 1. The lowest BCUT2D eigenvalue weighted by Gasteiger charge is -2.31. The summed E-state index contributed by atoms with van der Waals surface area (Å²) in [5.74, 6) is 3.04. The molecule has 0 atom stereocenters. The SMILES string of the molecule is COc1ccc(Cl)cc1NC(=O)NCC1CCN(Cc2cc(C)oc2C)CC1. The van der Waals surface area contributed by atoms with E-state index >= 15 is 0 Å². The third-order valence-corrected chi connectivity index (χ3v) is 5.44. The van der Waals surface area contributed by atoms with E-state index in [-0.39, 0.29) is 6.03 Å². The Morgan fingerprint density at radius 3 is 2.68 bits per heavy atom. The number of carbonyl (C=O) groups excluding carboxylic acids is 1. The van der Waals surface area contributed by atoms with Crippen LogP contribution in [0.25, 0.3) is 0 Å². The van der Waals surface area contributed by atoms with Crippen molar-refractivity contribution in [1.82, 2.24) is 10.2 Å². The Labute approximate surface area is 171 Å². The van der Waals surface area contributed by atoms with Gasteiger partial charge in [-0.3, -0.25) is 4.90 Å². The number of furan rings is 1. The molecule has 1 aromatic heterocycles. The normalized spacial score (nSPS) is 15.4. The molecule has 0 saturated carbocycles. The molecule has 6 nitrogen and oxygen atoms in total. The van der Waals surface area contributed by atoms with E-state index in [2.05, 4.69) is 21.6 Å². The number of aryl methyl sites for hydroxylation is 2. The second-order valence-electron chi connectivity index (χ2n) is 7.34. The first-order chi connectivity index (χ1) is 13.4. The first kappa shape index (κ1) is 20.6. The summed E-state index contributed by atoms with van der Waals surface area (Å²) in [7, 11) is 1.56. The molecule has 0 aliphatic carbocycles. The highest BCUT2D eigenvalue weighted by Gasteiger charge is 2.21. The number of benzene rings is 1. The van der Waals surface area contributed by atoms with Gasteiger partial charge in [0.2, 0.25) is 0 Å². The number of amides is 2. The Bertz CT molecular complexity index is 813. The fraction of sp³-hybridized carbons (Fsp3) is 0.476. The Kier molecular flexibility index (Phi) is 6.86. The van der Waals surface area contributed by atoms with Crippen LogP contribution in [-0.4, -0.2) is 37.7 Å². The summed E-state index contributed by atoms with van der Waals surface area (Å²) in [6.45, 7) is 7.65. The lowest BCUT2D eigenvalue weighted by molar-refractivity contribution is 0.175. The van der Waals surface area contributed by atoms with Crippen molar-refractivity contribution in [3.8, 4) is 5.75 Å². The number of piperidine rings is 1. The molecular formula is C21H28ClN3O3. The van der Waals surface area contributed by atoms with E-state index in [0.717, 1.165) is 44.0 Å². The molecule has 3 rings (SSSR count). The number of rotatable bonds is 6. The van der Waals surface area contributed by atoms with E-state index in [4.69, 9.17) is 20.8 Å². The van der Waals surface area contributed by atoms with Gasteiger partial charge in [0.05, 0.1) is 12.8 Å². The van der Waals surface area contributed by atoms with Gasteiger partial charge in [0.1, 0.15) is 17.3 Å². The summed E-state index contributed by atoms with van der Waals surface area (Å²) < 4.78 is 10.9. The van der Waals surface area contributed by atoms with Crippen molar-refractivity contribution in [2.45, 2.75) is 33.2 Å². The van der Waals surface area contributed by atoms with Gasteiger partial charge in [-0.15, -0.1) is 0 Å². The lowest BCUT2D eigenvalue weighted by Crippen LogP contribution is -2.39. The van der Waals surface area contributed by atoms with Gasteiger partial charge in [-0.05, 0) is 70.0 Å². The minimum Gasteiger partial charge on any atom is -0.495 e. The Morgan fingerprint density at radius 2 is 2.04 bits per heavy atom. The molecule has 2 heterocycles. The van der Waals surface area contributed by atoms with Gasteiger partial charge >= 0.3 is 6.03 Å². The zero-order valence-electron chi connectivity index (χ0n) is 16.7. The second-order valence-corrected chi connectivity index (χ2v) is 7.77. The largest absolute Gasteiger partial charge is 0.495 e. The number of anilines is 1. The van der Waals surface area contributed by atoms with E-state index in [1.165, 1.54) is 5.56 Å². The first-order valence-corrected chi connectivity index (χ1v) is 9.99. The molecule has 1 aliphatic rings. The van der Waals surface area contributed by atoms with Crippen LogP contribution in [-0.2, 0) is 6.54 Å². The number of nitrogens with one attached hydrogen (secondary N) is 2. The zero-order valence-corrected chi connectivity index (χ0v) is 17.4. The van der Waals surface area contributed by atoms with Crippen LogP contribution in [0.5, 0.6) is 5.75 Å². The number of ether oxygens (including phenoxy) is 1. The molecule has 1 aromatic carbocycles. The summed E-state index contributed by atoms with van der Waals surface area (Å²) in [5.41, 5.74) is 1.83. The first-order valence-electron chi connectivity index (χ1n) is 9.61. The van der Waals surface area contributed by atoms with Gasteiger partial charge < -0.3 is 19.8 Å². The standard InChI is InChI=1S/C21H28ClN3O3/c1-14-10-17(15(2)28-14)13-25-8-6-16(7-9-25)12-23-21(26)24-19-11-18(22)4-5-20(19)27-3/h4-5,10-11,16H,6-9,12-13H2,1-3H3,(H2,23,24,26). The number of hydrogen-bond acceptors (Lipinski definition) is 4. The number of carbonyl (C=O) groups is 1. The summed E-state index contributed by atoms with van der Waals surface area (Å²) in [4.78, 5) is 14.7. The van der Waals surface area contributed by atoms with Gasteiger partial charge in [0.15, 0.2) is 0 Å². The van der Waals surface area contributed by atoms with Crippen molar-refractivity contribution in [1.29, 1.82) is 0 Å². The highest BCUT2D eigenvalue weighted by Crippen LogP contribution is 2.27. The zero-order chi connectivity index (χ0) is 20.1. The maximum atomic E-state index is 12.2. The van der Waals surface area contributed by atoms with E-state index in [0.29, 0.717) is 28.9 Å². The van der Waals surface area contributed by atoms with Crippen molar-refractivity contribution in [3.05, 3.63) is 46.4 Å². The molecule has 0 spiro atoms. The molecule has 7 heteroatoms. The lowest BCUT2D eigenvalue weighted by atomic mass is 9.96. The minimum atomic E-state index is -0.243. The summed E-state index contributed by atoms with van der Waals surface area (Å²) in [6, 6.07) is 7.02. The van der Waals surface area contributed by atoms with E-state index in [1.807, 2.05) is 13.8 Å². The Morgan fingerprint density at radius 1 is 1.29 bits per heavy atom. The maximum Gasteiger partial charge on any atom is 0.319 e. The van der Waals surface area contributed by atoms with Gasteiger partial charge in [-0.25, -0.2) is 4.79 Å². The van der Waals surface area contributed by atoms with Crippen molar-refractivity contribution >= 4 is 23.3 Å². The van der Waals surface area contributed by atoms with E-state index in [9.17, 15) is 4.79 Å². The van der Waals surface area contributed by atoms with Gasteiger partial charge in [0, 0.05) is 23.7 Å². The second kappa shape index (κ2) is 9.34. The minimum absolute atomic E-state index is 0.243. The molecule has 1 fully saturated rings. The fourth-order valence-electron chi connectivity index (χ4n) is 3.61.